The molecular formula is C14H23BrN2. The smallest absolute Gasteiger partial charge is 0.0422 e. The molecule has 1 rings (SSSR count). The third kappa shape index (κ3) is 4.00. The van der Waals surface area contributed by atoms with Crippen molar-refractivity contribution in [2.75, 3.05) is 19.0 Å². The van der Waals surface area contributed by atoms with Crippen LogP contribution in [-0.2, 0) is 6.54 Å². The summed E-state index contributed by atoms with van der Waals surface area (Å²) in [7, 11) is 4.17. The van der Waals surface area contributed by atoms with Crippen LogP contribution in [0.5, 0.6) is 0 Å². The van der Waals surface area contributed by atoms with Gasteiger partial charge in [-0.1, -0.05) is 35.3 Å². The van der Waals surface area contributed by atoms with Gasteiger partial charge in [0.05, 0.1) is 0 Å². The van der Waals surface area contributed by atoms with Crippen molar-refractivity contribution in [1.82, 2.24) is 5.32 Å². The molecule has 0 aliphatic carbocycles. The highest BCUT2D eigenvalue weighted by atomic mass is 79.9. The third-order valence-corrected chi connectivity index (χ3v) is 3.66. The third-order valence-electron chi connectivity index (χ3n) is 3.16. The van der Waals surface area contributed by atoms with Crippen LogP contribution in [0.15, 0.2) is 22.7 Å². The summed E-state index contributed by atoms with van der Waals surface area (Å²) in [6.07, 6.45) is 2.45. The topological polar surface area (TPSA) is 15.3 Å². The highest BCUT2D eigenvalue weighted by molar-refractivity contribution is 9.10. The number of anilines is 1. The summed E-state index contributed by atoms with van der Waals surface area (Å²) in [5, 5.41) is 3.23. The average molecular weight is 299 g/mol. The average Bonchev–Trinajstić information content (AvgIpc) is 2.31. The first-order valence-electron chi connectivity index (χ1n) is 6.26. The molecule has 17 heavy (non-hydrogen) atoms. The Balaban J connectivity index is 2.96. The predicted molar refractivity (Wildman–Crippen MR) is 79.7 cm³/mol. The largest absolute Gasteiger partial charge is 0.372 e. The van der Waals surface area contributed by atoms with Crippen LogP contribution in [0.3, 0.4) is 0 Å². The van der Waals surface area contributed by atoms with Crippen LogP contribution in [-0.4, -0.2) is 20.1 Å². The molecule has 1 aromatic carbocycles. The predicted octanol–water partition coefficient (Wildman–Crippen LogP) is 3.79. The second-order valence-electron chi connectivity index (χ2n) is 4.55. The van der Waals surface area contributed by atoms with Gasteiger partial charge >= 0.3 is 0 Å². The Morgan fingerprint density at radius 1 is 1.41 bits per heavy atom. The van der Waals surface area contributed by atoms with Crippen molar-refractivity contribution in [1.29, 1.82) is 0 Å². The van der Waals surface area contributed by atoms with Gasteiger partial charge in [0.15, 0.2) is 0 Å². The molecule has 0 spiro atoms. The molecule has 0 aromatic heterocycles. The van der Waals surface area contributed by atoms with Gasteiger partial charge in [-0.3, -0.25) is 0 Å². The monoisotopic (exact) mass is 298 g/mol. The van der Waals surface area contributed by atoms with E-state index in [4.69, 9.17) is 0 Å². The van der Waals surface area contributed by atoms with Gasteiger partial charge in [0.1, 0.15) is 0 Å². The van der Waals surface area contributed by atoms with Crippen molar-refractivity contribution in [2.45, 2.75) is 39.3 Å². The molecule has 3 heteroatoms. The molecule has 0 amide bonds. The van der Waals surface area contributed by atoms with Gasteiger partial charge in [-0.05, 0) is 38.1 Å². The van der Waals surface area contributed by atoms with Gasteiger partial charge in [-0.15, -0.1) is 0 Å². The molecule has 1 unspecified atom stereocenters. The summed E-state index contributed by atoms with van der Waals surface area (Å²) in [5.74, 6) is 0. The van der Waals surface area contributed by atoms with E-state index in [0.29, 0.717) is 6.04 Å². The number of hydrogen-bond acceptors (Lipinski definition) is 2. The van der Waals surface area contributed by atoms with E-state index in [2.05, 4.69) is 65.2 Å². The highest BCUT2D eigenvalue weighted by Gasteiger charge is 2.13. The Morgan fingerprint density at radius 2 is 2.12 bits per heavy atom. The Labute approximate surface area is 114 Å². The molecule has 0 radical (unpaired) electrons. The number of rotatable bonds is 6. The first-order valence-corrected chi connectivity index (χ1v) is 7.05. The van der Waals surface area contributed by atoms with Crippen molar-refractivity contribution >= 4 is 21.6 Å². The fraction of sp³-hybridized carbons (Fsp3) is 0.571. The zero-order valence-electron chi connectivity index (χ0n) is 11.3. The molecule has 2 nitrogen and oxygen atoms in total. The molecule has 96 valence electrons. The van der Waals surface area contributed by atoms with Gasteiger partial charge in [-0.25, -0.2) is 0 Å². The number of hydrogen-bond donors (Lipinski definition) is 1. The lowest BCUT2D eigenvalue weighted by Crippen LogP contribution is -2.30. The zero-order chi connectivity index (χ0) is 12.8. The molecule has 0 heterocycles. The highest BCUT2D eigenvalue weighted by Crippen LogP contribution is 2.26. The lowest BCUT2D eigenvalue weighted by molar-refractivity contribution is 0.613. The van der Waals surface area contributed by atoms with E-state index in [1.54, 1.807) is 0 Å². The van der Waals surface area contributed by atoms with Crippen LogP contribution in [0.1, 0.15) is 32.3 Å². The maximum atomic E-state index is 3.56. The van der Waals surface area contributed by atoms with Gasteiger partial charge in [-0.2, -0.15) is 0 Å². The van der Waals surface area contributed by atoms with Crippen molar-refractivity contribution in [3.05, 3.63) is 28.2 Å². The van der Waals surface area contributed by atoms with Crippen LogP contribution in [0, 0.1) is 0 Å². The molecule has 1 N–H and O–H groups in total. The Hall–Kier alpha value is -0.540. The number of nitrogens with one attached hydrogen (secondary N) is 1. The summed E-state index contributed by atoms with van der Waals surface area (Å²) in [5.41, 5.74) is 2.66. The summed E-state index contributed by atoms with van der Waals surface area (Å²) in [6.45, 7) is 5.43. The maximum absolute atomic E-state index is 3.56. The zero-order valence-corrected chi connectivity index (χ0v) is 12.8. The summed E-state index contributed by atoms with van der Waals surface area (Å²) < 4.78 is 1.14. The minimum absolute atomic E-state index is 0.574. The minimum Gasteiger partial charge on any atom is -0.372 e. The molecule has 0 bridgehead atoms. The second-order valence-corrected chi connectivity index (χ2v) is 5.47. The lowest BCUT2D eigenvalue weighted by atomic mass is 10.1. The number of nitrogens with zero attached hydrogens (tertiary/aromatic N) is 1. The number of halogens is 1. The molecule has 1 atom stereocenters. The Bertz CT molecular complexity index is 352. The van der Waals surface area contributed by atoms with Crippen LogP contribution in [0.25, 0.3) is 0 Å². The molecule has 1 aromatic rings. The van der Waals surface area contributed by atoms with Crippen molar-refractivity contribution in [3.8, 4) is 0 Å². The van der Waals surface area contributed by atoms with Crippen LogP contribution in [0.4, 0.5) is 5.69 Å². The van der Waals surface area contributed by atoms with E-state index in [1.165, 1.54) is 24.1 Å². The number of benzene rings is 1. The molecule has 0 saturated carbocycles. The van der Waals surface area contributed by atoms with Crippen molar-refractivity contribution in [3.63, 3.8) is 0 Å². The van der Waals surface area contributed by atoms with E-state index in [-0.39, 0.29) is 0 Å². The standard InChI is InChI=1S/C14H23BrN2/c1-5-6-11(2)17(4)14-9-13(15)8-7-12(14)10-16-3/h7-9,11,16H,5-6,10H2,1-4H3. The molecule has 0 fully saturated rings. The van der Waals surface area contributed by atoms with E-state index in [9.17, 15) is 0 Å². The van der Waals surface area contributed by atoms with Crippen molar-refractivity contribution in [2.24, 2.45) is 0 Å². The Kier molecular flexibility index (Phi) is 6.00. The van der Waals surface area contributed by atoms with Gasteiger partial charge in [0.2, 0.25) is 0 Å². The van der Waals surface area contributed by atoms with E-state index < -0.39 is 0 Å². The molecule has 0 saturated heterocycles. The van der Waals surface area contributed by atoms with Gasteiger partial charge in [0.25, 0.3) is 0 Å². The normalized spacial score (nSPS) is 12.5. The molecule has 0 aliphatic heterocycles. The first-order chi connectivity index (χ1) is 8.10. The fourth-order valence-electron chi connectivity index (χ4n) is 2.05. The van der Waals surface area contributed by atoms with E-state index in [0.717, 1.165) is 11.0 Å². The minimum atomic E-state index is 0.574. The maximum Gasteiger partial charge on any atom is 0.0422 e. The molecule has 0 aliphatic rings. The lowest BCUT2D eigenvalue weighted by Gasteiger charge is -2.29. The van der Waals surface area contributed by atoms with E-state index in [1.807, 2.05) is 7.05 Å². The van der Waals surface area contributed by atoms with Crippen LogP contribution >= 0.6 is 15.9 Å². The van der Waals surface area contributed by atoms with Crippen LogP contribution < -0.4 is 10.2 Å². The van der Waals surface area contributed by atoms with Crippen molar-refractivity contribution < 1.29 is 0 Å². The Morgan fingerprint density at radius 3 is 2.71 bits per heavy atom. The van der Waals surface area contributed by atoms with Gasteiger partial charge in [0, 0.05) is 29.8 Å². The summed E-state index contributed by atoms with van der Waals surface area (Å²) >= 11 is 3.56. The summed E-state index contributed by atoms with van der Waals surface area (Å²) in [6, 6.07) is 7.07. The fourth-order valence-corrected chi connectivity index (χ4v) is 2.40. The molecular weight excluding hydrogens is 276 g/mol. The van der Waals surface area contributed by atoms with Crippen LogP contribution in [0.2, 0.25) is 0 Å². The first kappa shape index (κ1) is 14.5. The summed E-state index contributed by atoms with van der Waals surface area (Å²) in [4.78, 5) is 2.38. The van der Waals surface area contributed by atoms with Gasteiger partial charge < -0.3 is 10.2 Å². The SMILES string of the molecule is CCCC(C)N(C)c1cc(Br)ccc1CNC. The van der Waals surface area contributed by atoms with E-state index >= 15 is 0 Å². The quantitative estimate of drug-likeness (QED) is 0.859. The second kappa shape index (κ2) is 7.02.